The summed E-state index contributed by atoms with van der Waals surface area (Å²) in [7, 11) is 1.28. The Balaban J connectivity index is 2.24. The van der Waals surface area contributed by atoms with Crippen molar-refractivity contribution in [2.45, 2.75) is 0 Å². The smallest absolute Gasteiger partial charge is 0.337 e. The molecule has 0 fully saturated rings. The monoisotopic (exact) mass is 296 g/mol. The number of aromatic nitrogens is 1. The Morgan fingerprint density at radius 3 is 2.79 bits per heavy atom. The summed E-state index contributed by atoms with van der Waals surface area (Å²) in [4.78, 5) is 23.7. The molecule has 5 nitrogen and oxygen atoms in total. The highest BCUT2D eigenvalue weighted by Gasteiger charge is 2.13. The molecule has 1 aromatic heterocycles. The van der Waals surface area contributed by atoms with Gasteiger partial charge in [0.05, 0.1) is 23.4 Å². The van der Waals surface area contributed by atoms with Gasteiger partial charge in [-0.1, -0.05) is 11.6 Å². The number of nitrogens with one attached hydrogen (secondary N) is 1. The van der Waals surface area contributed by atoms with Crippen LogP contribution < -0.4 is 5.32 Å². The van der Waals surface area contributed by atoms with Gasteiger partial charge >= 0.3 is 5.97 Å². The zero-order valence-electron chi connectivity index (χ0n) is 9.84. The van der Waals surface area contributed by atoms with Crippen LogP contribution in [-0.2, 0) is 4.74 Å². The lowest BCUT2D eigenvalue weighted by molar-refractivity contribution is 0.0600. The third kappa shape index (κ3) is 3.10. The summed E-state index contributed by atoms with van der Waals surface area (Å²) >= 11 is 7.04. The van der Waals surface area contributed by atoms with Gasteiger partial charge in [0.15, 0.2) is 0 Å². The van der Waals surface area contributed by atoms with Gasteiger partial charge in [-0.2, -0.15) is 0 Å². The minimum atomic E-state index is -0.495. The second-order valence-corrected chi connectivity index (χ2v) is 4.76. The predicted octanol–water partition coefficient (Wildman–Crippen LogP) is 2.84. The van der Waals surface area contributed by atoms with Crippen LogP contribution in [0.5, 0.6) is 0 Å². The maximum atomic E-state index is 11.9. The molecule has 0 aliphatic rings. The minimum Gasteiger partial charge on any atom is -0.465 e. The van der Waals surface area contributed by atoms with Crippen LogP contribution in [0.2, 0.25) is 5.02 Å². The van der Waals surface area contributed by atoms with Gasteiger partial charge in [0.25, 0.3) is 5.91 Å². The summed E-state index contributed by atoms with van der Waals surface area (Å²) in [6.07, 6.45) is 1.53. The Labute approximate surface area is 118 Å². The number of hydrogen-bond donors (Lipinski definition) is 1. The average Bonchev–Trinajstić information content (AvgIpc) is 2.94. The number of hydrogen-bond acceptors (Lipinski definition) is 5. The number of carbonyl (C=O) groups excluding carboxylic acids is 2. The van der Waals surface area contributed by atoms with Crippen LogP contribution in [0.4, 0.5) is 5.69 Å². The van der Waals surface area contributed by atoms with E-state index in [1.165, 1.54) is 31.5 Å². The summed E-state index contributed by atoms with van der Waals surface area (Å²) in [6.45, 7) is 0. The summed E-state index contributed by atoms with van der Waals surface area (Å²) in [5.41, 5.74) is 0.662. The molecule has 0 spiro atoms. The normalized spacial score (nSPS) is 10.0. The van der Waals surface area contributed by atoms with Crippen molar-refractivity contribution in [1.82, 2.24) is 4.37 Å². The number of benzene rings is 1. The fourth-order valence-electron chi connectivity index (χ4n) is 1.38. The van der Waals surface area contributed by atoms with Crippen LogP contribution in [0.1, 0.15) is 20.0 Å². The molecule has 1 aromatic carbocycles. The molecule has 1 heterocycles. The van der Waals surface area contributed by atoms with Gasteiger partial charge < -0.3 is 10.1 Å². The molecule has 2 rings (SSSR count). The summed E-state index contributed by atoms with van der Waals surface area (Å²) in [6, 6.07) is 6.11. The van der Waals surface area contributed by atoms with E-state index in [0.29, 0.717) is 21.2 Å². The molecule has 98 valence electrons. The molecule has 0 saturated heterocycles. The number of halogens is 1. The molecule has 0 saturated carbocycles. The Hall–Kier alpha value is -1.92. The molecule has 19 heavy (non-hydrogen) atoms. The first-order valence-electron chi connectivity index (χ1n) is 5.21. The predicted molar refractivity (Wildman–Crippen MR) is 72.9 cm³/mol. The molecule has 0 radical (unpaired) electrons. The first-order valence-corrected chi connectivity index (χ1v) is 6.37. The number of nitrogens with zero attached hydrogens (tertiary/aromatic N) is 1. The number of anilines is 1. The number of amides is 1. The van der Waals surface area contributed by atoms with Crippen molar-refractivity contribution in [3.05, 3.63) is 45.9 Å². The van der Waals surface area contributed by atoms with Crippen LogP contribution in [0.15, 0.2) is 30.5 Å². The molecular formula is C12H9ClN2O3S. The summed E-state index contributed by atoms with van der Waals surface area (Å²) < 4.78 is 8.45. The minimum absolute atomic E-state index is 0.312. The van der Waals surface area contributed by atoms with E-state index in [1.54, 1.807) is 6.07 Å². The molecular weight excluding hydrogens is 288 g/mol. The van der Waals surface area contributed by atoms with E-state index in [-0.39, 0.29) is 5.91 Å². The number of carbonyl (C=O) groups is 2. The lowest BCUT2D eigenvalue weighted by Crippen LogP contribution is -2.11. The van der Waals surface area contributed by atoms with Crippen LogP contribution in [0.3, 0.4) is 0 Å². The van der Waals surface area contributed by atoms with Crippen LogP contribution >= 0.6 is 23.1 Å². The largest absolute Gasteiger partial charge is 0.465 e. The van der Waals surface area contributed by atoms with Gasteiger partial charge in [0, 0.05) is 6.20 Å². The lowest BCUT2D eigenvalue weighted by atomic mass is 10.2. The zero-order chi connectivity index (χ0) is 13.8. The van der Waals surface area contributed by atoms with Gasteiger partial charge in [0.2, 0.25) is 0 Å². The third-order valence-corrected chi connectivity index (χ3v) is 3.37. The molecule has 0 aliphatic heterocycles. The van der Waals surface area contributed by atoms with Crippen molar-refractivity contribution in [3.63, 3.8) is 0 Å². The van der Waals surface area contributed by atoms with Crippen molar-refractivity contribution in [2.24, 2.45) is 0 Å². The molecule has 0 bridgehead atoms. The van der Waals surface area contributed by atoms with Crippen molar-refractivity contribution in [3.8, 4) is 0 Å². The maximum absolute atomic E-state index is 11.9. The van der Waals surface area contributed by atoms with E-state index in [4.69, 9.17) is 11.6 Å². The fourth-order valence-corrected chi connectivity index (χ4v) is 2.04. The number of methoxy groups -OCH3 is 1. The fraction of sp³-hybridized carbons (Fsp3) is 0.0833. The van der Waals surface area contributed by atoms with Crippen LogP contribution in [0, 0.1) is 0 Å². The Morgan fingerprint density at radius 1 is 1.37 bits per heavy atom. The molecule has 7 heteroatoms. The second-order valence-electron chi connectivity index (χ2n) is 3.52. The second kappa shape index (κ2) is 5.81. The van der Waals surface area contributed by atoms with Gasteiger partial charge in [-0.15, -0.1) is 0 Å². The first-order chi connectivity index (χ1) is 9.11. The van der Waals surface area contributed by atoms with E-state index < -0.39 is 5.97 Å². The molecule has 1 N–H and O–H groups in total. The number of esters is 1. The summed E-state index contributed by atoms with van der Waals surface area (Å²) in [5.74, 6) is -0.823. The Morgan fingerprint density at radius 2 is 2.16 bits per heavy atom. The standard InChI is InChI=1S/C12H9ClN2O3S/c1-18-12(17)7-2-3-8(13)9(6-7)15-11(16)10-4-5-14-19-10/h2-6H,1H3,(H,15,16). The quantitative estimate of drug-likeness (QED) is 0.884. The SMILES string of the molecule is COC(=O)c1ccc(Cl)c(NC(=O)c2ccns2)c1. The van der Waals surface area contributed by atoms with Crippen molar-refractivity contribution >= 4 is 40.7 Å². The number of ether oxygens (including phenoxy) is 1. The van der Waals surface area contributed by atoms with Crippen LogP contribution in [0.25, 0.3) is 0 Å². The molecule has 1 amide bonds. The third-order valence-electron chi connectivity index (χ3n) is 2.30. The Kier molecular flexibility index (Phi) is 4.13. The van der Waals surface area contributed by atoms with Crippen molar-refractivity contribution < 1.29 is 14.3 Å². The molecule has 0 atom stereocenters. The van der Waals surface area contributed by atoms with Gasteiger partial charge in [0.1, 0.15) is 4.88 Å². The number of rotatable bonds is 3. The van der Waals surface area contributed by atoms with Gasteiger partial charge in [-0.3, -0.25) is 4.79 Å². The Bertz CT molecular complexity index is 613. The van der Waals surface area contributed by atoms with Crippen LogP contribution in [-0.4, -0.2) is 23.4 Å². The van der Waals surface area contributed by atoms with E-state index in [9.17, 15) is 9.59 Å². The molecule has 0 unspecified atom stereocenters. The van der Waals surface area contributed by atoms with Gasteiger partial charge in [-0.05, 0) is 35.8 Å². The molecule has 2 aromatic rings. The van der Waals surface area contributed by atoms with E-state index in [0.717, 1.165) is 11.5 Å². The highest BCUT2D eigenvalue weighted by atomic mass is 35.5. The molecule has 0 aliphatic carbocycles. The van der Waals surface area contributed by atoms with Gasteiger partial charge in [-0.25, -0.2) is 9.17 Å². The highest BCUT2D eigenvalue weighted by Crippen LogP contribution is 2.24. The average molecular weight is 297 g/mol. The topological polar surface area (TPSA) is 68.3 Å². The van der Waals surface area contributed by atoms with E-state index >= 15 is 0 Å². The zero-order valence-corrected chi connectivity index (χ0v) is 11.4. The lowest BCUT2D eigenvalue weighted by Gasteiger charge is -2.07. The van der Waals surface area contributed by atoms with Crippen molar-refractivity contribution in [2.75, 3.05) is 12.4 Å². The van der Waals surface area contributed by atoms with E-state index in [1.807, 2.05) is 0 Å². The summed E-state index contributed by atoms with van der Waals surface area (Å²) in [5, 5.41) is 2.96. The maximum Gasteiger partial charge on any atom is 0.337 e. The highest BCUT2D eigenvalue weighted by molar-refractivity contribution is 7.08. The van der Waals surface area contributed by atoms with E-state index in [2.05, 4.69) is 14.4 Å². The van der Waals surface area contributed by atoms with Crippen molar-refractivity contribution in [1.29, 1.82) is 0 Å². The first kappa shape index (κ1) is 13.5.